The number of hydroxylamine groups is 2. The zero-order valence-electron chi connectivity index (χ0n) is 19.2. The molecule has 36 heavy (non-hydrogen) atoms. The molecule has 5 rings (SSSR count). The van der Waals surface area contributed by atoms with E-state index in [9.17, 15) is 24.5 Å². The maximum Gasteiger partial charge on any atom is 0.447 e. The van der Waals surface area contributed by atoms with Gasteiger partial charge in [-0.15, -0.1) is 0 Å². The van der Waals surface area contributed by atoms with Crippen molar-refractivity contribution in [3.8, 4) is 11.1 Å². The minimum Gasteiger partial charge on any atom is -0.434 e. The number of likely N-dealkylation sites (tertiary alicyclic amines) is 1. The number of carbonyl (C=O) groups excluding carboxylic acids is 3. The molecule has 2 aromatic carbocycles. The lowest BCUT2D eigenvalue weighted by atomic mass is 9.89. The fourth-order valence-electron chi connectivity index (χ4n) is 4.58. The normalized spacial score (nSPS) is 21.1. The Balaban J connectivity index is 1.07. The molecular formula is C24H23N3O9. The van der Waals surface area contributed by atoms with E-state index >= 15 is 0 Å². The van der Waals surface area contributed by atoms with Gasteiger partial charge >= 0.3 is 18.0 Å². The third-order valence-electron chi connectivity index (χ3n) is 6.57. The topological polar surface area (TPSA) is 138 Å². The van der Waals surface area contributed by atoms with Crippen LogP contribution in [0.25, 0.3) is 11.1 Å². The lowest BCUT2D eigenvalue weighted by Crippen LogP contribution is -2.57. The molecule has 0 saturated carbocycles. The van der Waals surface area contributed by atoms with E-state index in [0.717, 1.165) is 16.7 Å². The van der Waals surface area contributed by atoms with Crippen molar-refractivity contribution in [2.24, 2.45) is 0 Å². The van der Waals surface area contributed by atoms with Crippen molar-refractivity contribution in [1.29, 1.82) is 0 Å². The summed E-state index contributed by atoms with van der Waals surface area (Å²) in [4.78, 5) is 52.5. The van der Waals surface area contributed by atoms with Gasteiger partial charge < -0.3 is 23.9 Å². The van der Waals surface area contributed by atoms with Crippen LogP contribution in [0.5, 0.6) is 0 Å². The molecular weight excluding hydrogens is 474 g/mol. The summed E-state index contributed by atoms with van der Waals surface area (Å²) in [6, 6.07) is 14.2. The molecule has 1 unspecified atom stereocenters. The Morgan fingerprint density at radius 1 is 1.03 bits per heavy atom. The van der Waals surface area contributed by atoms with Crippen molar-refractivity contribution in [1.82, 2.24) is 9.96 Å². The largest absolute Gasteiger partial charge is 0.447 e. The summed E-state index contributed by atoms with van der Waals surface area (Å²) in [6.07, 6.45) is -1.07. The van der Waals surface area contributed by atoms with Crippen LogP contribution in [-0.2, 0) is 35.2 Å². The van der Waals surface area contributed by atoms with Crippen molar-refractivity contribution in [3.05, 3.63) is 64.2 Å². The van der Waals surface area contributed by atoms with Gasteiger partial charge in [-0.05, 0) is 16.7 Å². The smallest absolute Gasteiger partial charge is 0.434 e. The Labute approximate surface area is 205 Å². The number of non-ortho nitro benzene ring substituents is 1. The second-order valence-electron chi connectivity index (χ2n) is 8.79. The number of nitrogens with zero attached hydrogens (tertiary/aromatic N) is 3. The quantitative estimate of drug-likeness (QED) is 0.184. The van der Waals surface area contributed by atoms with Crippen LogP contribution in [0.1, 0.15) is 18.4 Å². The summed E-state index contributed by atoms with van der Waals surface area (Å²) < 4.78 is 16.4. The van der Waals surface area contributed by atoms with E-state index in [1.54, 1.807) is 12.1 Å². The zero-order valence-corrected chi connectivity index (χ0v) is 19.2. The number of piperidine rings is 1. The third kappa shape index (κ3) is 4.60. The SMILES string of the molecule is O=C1OC2N(OC1=O)C(=O)OC21CCN(CCOCc2ccc(-c3cccc([N+](=O)[O-])c3)cc2)CC1. The minimum atomic E-state index is -1.24. The first-order valence-electron chi connectivity index (χ1n) is 11.4. The average Bonchev–Trinajstić information content (AvgIpc) is 3.13. The molecule has 3 saturated heterocycles. The number of nitro groups is 1. The van der Waals surface area contributed by atoms with Crippen LogP contribution in [0.15, 0.2) is 48.5 Å². The van der Waals surface area contributed by atoms with Crippen molar-refractivity contribution in [2.45, 2.75) is 31.3 Å². The molecule has 3 aliphatic rings. The number of esters is 1. The van der Waals surface area contributed by atoms with E-state index in [4.69, 9.17) is 19.0 Å². The van der Waals surface area contributed by atoms with Crippen LogP contribution in [0.2, 0.25) is 0 Å². The fourth-order valence-corrected chi connectivity index (χ4v) is 4.58. The average molecular weight is 497 g/mol. The first-order chi connectivity index (χ1) is 17.3. The highest BCUT2D eigenvalue weighted by molar-refractivity contribution is 6.30. The molecule has 3 fully saturated rings. The number of rotatable bonds is 7. The van der Waals surface area contributed by atoms with E-state index in [2.05, 4.69) is 4.90 Å². The molecule has 1 spiro atoms. The van der Waals surface area contributed by atoms with Gasteiger partial charge in [-0.3, -0.25) is 10.1 Å². The van der Waals surface area contributed by atoms with Crippen LogP contribution in [0, 0.1) is 10.1 Å². The number of fused-ring (bicyclic) bond motifs is 2. The van der Waals surface area contributed by atoms with Crippen LogP contribution < -0.4 is 0 Å². The van der Waals surface area contributed by atoms with Gasteiger partial charge in [0.1, 0.15) is 0 Å². The summed E-state index contributed by atoms with van der Waals surface area (Å²) >= 11 is 0. The van der Waals surface area contributed by atoms with Gasteiger partial charge in [0, 0.05) is 44.6 Å². The third-order valence-corrected chi connectivity index (χ3v) is 6.57. The lowest BCUT2D eigenvalue weighted by Gasteiger charge is -2.40. The molecule has 12 nitrogen and oxygen atoms in total. The molecule has 1 atom stereocenters. The summed E-state index contributed by atoms with van der Waals surface area (Å²) in [5.41, 5.74) is 1.65. The number of nitro benzene ring substituents is 1. The zero-order chi connectivity index (χ0) is 25.3. The van der Waals surface area contributed by atoms with Crippen LogP contribution in [0.4, 0.5) is 10.5 Å². The Kier molecular flexibility index (Phi) is 6.29. The molecule has 12 heteroatoms. The highest BCUT2D eigenvalue weighted by atomic mass is 16.8. The maximum atomic E-state index is 12.1. The fraction of sp³-hybridized carbons (Fsp3) is 0.375. The van der Waals surface area contributed by atoms with Gasteiger partial charge in [0.05, 0.1) is 18.1 Å². The van der Waals surface area contributed by atoms with Gasteiger partial charge in [-0.2, -0.15) is 0 Å². The molecule has 0 aromatic heterocycles. The summed E-state index contributed by atoms with van der Waals surface area (Å²) in [5.74, 6) is -2.38. The number of benzene rings is 2. The van der Waals surface area contributed by atoms with Crippen LogP contribution in [-0.4, -0.2) is 71.0 Å². The molecule has 3 aliphatic heterocycles. The van der Waals surface area contributed by atoms with E-state index in [0.29, 0.717) is 50.8 Å². The summed E-state index contributed by atoms with van der Waals surface area (Å²) in [5, 5.41) is 11.7. The summed E-state index contributed by atoms with van der Waals surface area (Å²) in [6.45, 7) is 2.75. The first kappa shape index (κ1) is 23.7. The molecule has 0 N–H and O–H groups in total. The van der Waals surface area contributed by atoms with E-state index in [1.165, 1.54) is 6.07 Å². The predicted octanol–water partition coefficient (Wildman–Crippen LogP) is 2.41. The van der Waals surface area contributed by atoms with Gasteiger partial charge in [0.15, 0.2) is 5.60 Å². The Bertz CT molecular complexity index is 1190. The van der Waals surface area contributed by atoms with Crippen molar-refractivity contribution in [2.75, 3.05) is 26.2 Å². The van der Waals surface area contributed by atoms with Gasteiger partial charge in [0.2, 0.25) is 0 Å². The molecule has 2 aromatic rings. The lowest BCUT2D eigenvalue weighted by molar-refractivity contribution is -0.384. The first-order valence-corrected chi connectivity index (χ1v) is 11.4. The van der Waals surface area contributed by atoms with Crippen LogP contribution in [0.3, 0.4) is 0 Å². The second-order valence-corrected chi connectivity index (χ2v) is 8.79. The Hall–Kier alpha value is -4.03. The maximum absolute atomic E-state index is 12.1. The molecule has 1 amide bonds. The highest BCUT2D eigenvalue weighted by Crippen LogP contribution is 2.40. The van der Waals surface area contributed by atoms with E-state index in [1.807, 2.05) is 30.3 Å². The molecule has 188 valence electrons. The number of carbonyl (C=O) groups is 3. The molecule has 0 radical (unpaired) electrons. The van der Waals surface area contributed by atoms with Gasteiger partial charge in [0.25, 0.3) is 11.9 Å². The van der Waals surface area contributed by atoms with Crippen molar-refractivity contribution in [3.63, 3.8) is 0 Å². The number of hydrogen-bond donors (Lipinski definition) is 0. The molecule has 3 heterocycles. The second kappa shape index (κ2) is 9.55. The van der Waals surface area contributed by atoms with Gasteiger partial charge in [-0.1, -0.05) is 41.5 Å². The highest BCUT2D eigenvalue weighted by Gasteiger charge is 2.62. The number of hydrogen-bond acceptors (Lipinski definition) is 10. The number of ether oxygens (including phenoxy) is 3. The summed E-state index contributed by atoms with van der Waals surface area (Å²) in [7, 11) is 0. The number of amides is 1. The van der Waals surface area contributed by atoms with Crippen molar-refractivity contribution < 1.29 is 38.4 Å². The standard InChI is InChI=1S/C24H23N3O9/c28-20-21(29)36-26-22(34-20)24(35-23(26)30)8-10-25(11-9-24)12-13-33-15-16-4-6-17(7-5-16)18-2-1-3-19(14-18)27(31)32/h1-7,14,22H,8-13,15H2. The van der Waals surface area contributed by atoms with Crippen LogP contribution >= 0.6 is 0 Å². The molecule has 0 aliphatic carbocycles. The van der Waals surface area contributed by atoms with Crippen molar-refractivity contribution >= 4 is 23.7 Å². The minimum absolute atomic E-state index is 0.0511. The Morgan fingerprint density at radius 3 is 2.50 bits per heavy atom. The monoisotopic (exact) mass is 497 g/mol. The predicted molar refractivity (Wildman–Crippen MR) is 121 cm³/mol. The Morgan fingerprint density at radius 2 is 1.78 bits per heavy atom. The van der Waals surface area contributed by atoms with E-state index < -0.39 is 34.8 Å². The van der Waals surface area contributed by atoms with Gasteiger partial charge in [-0.25, -0.2) is 14.4 Å². The molecule has 0 bridgehead atoms. The van der Waals surface area contributed by atoms with E-state index in [-0.39, 0.29) is 5.69 Å².